The van der Waals surface area contributed by atoms with Gasteiger partial charge in [-0.1, -0.05) is 16.8 Å². The molecule has 0 bridgehead atoms. The summed E-state index contributed by atoms with van der Waals surface area (Å²) >= 11 is 7.29. The number of thiophene rings is 1. The third kappa shape index (κ3) is 3.56. The number of aromatic carboxylic acids is 1. The van der Waals surface area contributed by atoms with E-state index in [1.165, 1.54) is 28.2 Å². The van der Waals surface area contributed by atoms with Gasteiger partial charge in [0.25, 0.3) is 5.91 Å². The van der Waals surface area contributed by atoms with Crippen LogP contribution >= 0.6 is 22.9 Å². The number of nitrogens with zero attached hydrogens (tertiary/aromatic N) is 4. The van der Waals surface area contributed by atoms with E-state index >= 15 is 0 Å². The summed E-state index contributed by atoms with van der Waals surface area (Å²) in [6, 6.07) is 9.74. The van der Waals surface area contributed by atoms with Gasteiger partial charge in [-0.25, -0.2) is 4.79 Å². The van der Waals surface area contributed by atoms with Crippen LogP contribution in [-0.4, -0.2) is 31.9 Å². The smallest absolute Gasteiger partial charge is 0.357 e. The van der Waals surface area contributed by atoms with Crippen LogP contribution in [-0.2, 0) is 6.54 Å². The molecule has 0 aliphatic rings. The van der Waals surface area contributed by atoms with Crippen LogP contribution in [0.25, 0.3) is 21.5 Å². The van der Waals surface area contributed by atoms with E-state index in [1.807, 2.05) is 11.4 Å². The largest absolute Gasteiger partial charge is 0.476 e. The topological polar surface area (TPSA) is 134 Å². The van der Waals surface area contributed by atoms with Crippen molar-refractivity contribution in [1.82, 2.24) is 20.3 Å². The van der Waals surface area contributed by atoms with Gasteiger partial charge in [-0.2, -0.15) is 10.4 Å². The van der Waals surface area contributed by atoms with E-state index in [9.17, 15) is 14.7 Å². The number of fused-ring (bicyclic) bond motifs is 1. The monoisotopic (exact) mass is 427 g/mol. The number of nitriles is 1. The predicted molar refractivity (Wildman–Crippen MR) is 104 cm³/mol. The highest BCUT2D eigenvalue weighted by Crippen LogP contribution is 2.31. The molecule has 0 spiro atoms. The second-order valence-corrected chi connectivity index (χ2v) is 7.61. The number of halogens is 1. The van der Waals surface area contributed by atoms with Crippen LogP contribution < -0.4 is 5.32 Å². The molecule has 144 valence electrons. The zero-order chi connectivity index (χ0) is 20.5. The van der Waals surface area contributed by atoms with Crippen LogP contribution in [0.4, 0.5) is 0 Å². The van der Waals surface area contributed by atoms with Gasteiger partial charge < -0.3 is 9.63 Å². The van der Waals surface area contributed by atoms with Crippen molar-refractivity contribution in [2.24, 2.45) is 0 Å². The molecule has 2 N–H and O–H groups in total. The molecule has 0 fully saturated rings. The molecule has 0 radical (unpaired) electrons. The molecule has 0 unspecified atom stereocenters. The van der Waals surface area contributed by atoms with Crippen molar-refractivity contribution in [2.75, 3.05) is 0 Å². The lowest BCUT2D eigenvalue weighted by atomic mass is 10.1. The maximum atomic E-state index is 11.9. The van der Waals surface area contributed by atoms with Crippen LogP contribution in [0.1, 0.15) is 26.5 Å². The summed E-state index contributed by atoms with van der Waals surface area (Å²) in [5.74, 6) is -1.32. The lowest BCUT2D eigenvalue weighted by molar-refractivity contribution is 0.0691. The van der Waals surface area contributed by atoms with Gasteiger partial charge in [-0.05, 0) is 30.3 Å². The Morgan fingerprint density at radius 1 is 1.31 bits per heavy atom. The molecule has 29 heavy (non-hydrogen) atoms. The maximum absolute atomic E-state index is 11.9. The number of nitrogens with one attached hydrogen (secondary N) is 1. The number of carbonyl (C=O) groups is 2. The first kappa shape index (κ1) is 18.7. The van der Waals surface area contributed by atoms with Crippen molar-refractivity contribution < 1.29 is 19.2 Å². The number of amides is 1. The van der Waals surface area contributed by atoms with Gasteiger partial charge in [0.15, 0.2) is 17.6 Å². The average molecular weight is 428 g/mol. The third-order valence-corrected chi connectivity index (χ3v) is 5.32. The highest BCUT2D eigenvalue weighted by Gasteiger charge is 2.19. The van der Waals surface area contributed by atoms with Crippen molar-refractivity contribution >= 4 is 45.7 Å². The summed E-state index contributed by atoms with van der Waals surface area (Å²) in [5.41, 5.74) is 0.983. The first-order valence-electron chi connectivity index (χ1n) is 8.11. The van der Waals surface area contributed by atoms with Gasteiger partial charge >= 0.3 is 5.97 Å². The molecule has 0 atom stereocenters. The summed E-state index contributed by atoms with van der Waals surface area (Å²) in [4.78, 5) is 24.3. The van der Waals surface area contributed by atoms with Crippen LogP contribution in [0.2, 0.25) is 4.34 Å². The molecule has 0 saturated heterocycles. The van der Waals surface area contributed by atoms with E-state index in [1.54, 1.807) is 24.4 Å². The SMILES string of the molecule is N#CNC(=O)c1ccc2c(c1)c(C(=O)O)nn2Cc1cc(-c2ccc(Cl)s2)on1. The summed E-state index contributed by atoms with van der Waals surface area (Å²) in [6.45, 7) is 0.163. The van der Waals surface area contributed by atoms with Crippen molar-refractivity contribution in [3.63, 3.8) is 0 Å². The molecule has 4 aromatic rings. The van der Waals surface area contributed by atoms with Gasteiger partial charge in [-0.3, -0.25) is 14.8 Å². The number of carboxylic acid groups (broad SMARTS) is 1. The van der Waals surface area contributed by atoms with Crippen molar-refractivity contribution in [3.8, 4) is 16.8 Å². The minimum Gasteiger partial charge on any atom is -0.476 e. The first-order chi connectivity index (χ1) is 14.0. The average Bonchev–Trinajstić information content (AvgIpc) is 3.41. The van der Waals surface area contributed by atoms with Crippen molar-refractivity contribution in [2.45, 2.75) is 6.54 Å². The van der Waals surface area contributed by atoms with Gasteiger partial charge in [0, 0.05) is 17.0 Å². The van der Waals surface area contributed by atoms with Gasteiger partial charge in [-0.15, -0.1) is 11.3 Å². The third-order valence-electron chi connectivity index (χ3n) is 4.07. The molecule has 0 saturated carbocycles. The number of hydrogen-bond donors (Lipinski definition) is 2. The Morgan fingerprint density at radius 3 is 2.83 bits per heavy atom. The first-order valence-corrected chi connectivity index (χ1v) is 9.30. The van der Waals surface area contributed by atoms with E-state index in [2.05, 4.69) is 10.3 Å². The van der Waals surface area contributed by atoms with E-state index in [-0.39, 0.29) is 23.2 Å². The van der Waals surface area contributed by atoms with E-state index in [0.717, 1.165) is 4.88 Å². The summed E-state index contributed by atoms with van der Waals surface area (Å²) in [5, 5.41) is 28.5. The fraction of sp³-hybridized carbons (Fsp3) is 0.0556. The Kier molecular flexibility index (Phi) is 4.75. The number of hydrogen-bond acceptors (Lipinski definition) is 7. The number of benzene rings is 1. The number of aromatic nitrogens is 3. The number of carboxylic acids is 1. The molecule has 4 rings (SSSR count). The van der Waals surface area contributed by atoms with Crippen molar-refractivity contribution in [3.05, 3.63) is 57.7 Å². The van der Waals surface area contributed by atoms with Crippen molar-refractivity contribution in [1.29, 1.82) is 5.26 Å². The molecule has 9 nitrogen and oxygen atoms in total. The molecule has 1 aromatic carbocycles. The minimum atomic E-state index is -1.24. The number of rotatable bonds is 5. The van der Waals surface area contributed by atoms with Crippen LogP contribution in [0, 0.1) is 11.5 Å². The fourth-order valence-corrected chi connectivity index (χ4v) is 3.82. The van der Waals surface area contributed by atoms with Gasteiger partial charge in [0.05, 0.1) is 21.3 Å². The van der Waals surface area contributed by atoms with Gasteiger partial charge in [0.2, 0.25) is 0 Å². The van der Waals surface area contributed by atoms with E-state index in [4.69, 9.17) is 21.4 Å². The highest BCUT2D eigenvalue weighted by atomic mass is 35.5. The normalized spacial score (nSPS) is 10.8. The standard InChI is InChI=1S/C18H10ClN5O4S/c19-15-4-3-14(29-15)13-6-10(23-28-13)7-24-12-2-1-9(17(25)21-8-20)5-11(12)16(22-24)18(26)27/h1-6H,7H2,(H,21,25)(H,26,27). The second-order valence-electron chi connectivity index (χ2n) is 5.90. The highest BCUT2D eigenvalue weighted by molar-refractivity contribution is 7.19. The summed E-state index contributed by atoms with van der Waals surface area (Å²) in [7, 11) is 0. The van der Waals surface area contributed by atoms with Gasteiger partial charge in [0.1, 0.15) is 5.69 Å². The molecule has 3 heterocycles. The zero-order valence-corrected chi connectivity index (χ0v) is 16.0. The Balaban J connectivity index is 1.71. The Hall–Kier alpha value is -3.68. The fourth-order valence-electron chi connectivity index (χ4n) is 2.82. The van der Waals surface area contributed by atoms with E-state index < -0.39 is 11.9 Å². The molecule has 0 aliphatic carbocycles. The maximum Gasteiger partial charge on any atom is 0.357 e. The molecule has 3 aromatic heterocycles. The number of carbonyl (C=O) groups excluding carboxylic acids is 1. The zero-order valence-electron chi connectivity index (χ0n) is 14.4. The lowest BCUT2D eigenvalue weighted by Gasteiger charge is -2.01. The lowest BCUT2D eigenvalue weighted by Crippen LogP contribution is -2.17. The van der Waals surface area contributed by atoms with Crippen LogP contribution in [0.3, 0.4) is 0 Å². The van der Waals surface area contributed by atoms with E-state index in [0.29, 0.717) is 21.3 Å². The molecular weight excluding hydrogens is 418 g/mol. The molecule has 1 amide bonds. The molecular formula is C18H10ClN5O4S. The quantitative estimate of drug-likeness (QED) is 0.368. The second kappa shape index (κ2) is 7.38. The summed E-state index contributed by atoms with van der Waals surface area (Å²) in [6.07, 6.45) is 1.54. The molecule has 0 aliphatic heterocycles. The Labute approximate surface area is 171 Å². The minimum absolute atomic E-state index is 0.152. The Morgan fingerprint density at radius 2 is 2.14 bits per heavy atom. The summed E-state index contributed by atoms with van der Waals surface area (Å²) < 4.78 is 7.43. The predicted octanol–water partition coefficient (Wildman–Crippen LogP) is 3.36. The Bertz CT molecular complexity index is 1300. The van der Waals surface area contributed by atoms with Crippen LogP contribution in [0.15, 0.2) is 40.9 Å². The van der Waals surface area contributed by atoms with Crippen LogP contribution in [0.5, 0.6) is 0 Å². The molecule has 11 heteroatoms.